The third-order valence-electron chi connectivity index (χ3n) is 6.61. The summed E-state index contributed by atoms with van der Waals surface area (Å²) < 4.78 is 0. The number of amides is 1. The van der Waals surface area contributed by atoms with Crippen molar-refractivity contribution >= 4 is 28.9 Å². The minimum Gasteiger partial charge on any atom is -0.367 e. The number of hydrogen-bond donors (Lipinski definition) is 2. The van der Waals surface area contributed by atoms with Gasteiger partial charge in [-0.3, -0.25) is 9.59 Å². The summed E-state index contributed by atoms with van der Waals surface area (Å²) >= 11 is 5.23. The van der Waals surface area contributed by atoms with Crippen LogP contribution in [0.4, 0.5) is 0 Å². The van der Waals surface area contributed by atoms with Crippen molar-refractivity contribution in [3.05, 3.63) is 0 Å². The molecule has 0 aromatic carbocycles. The van der Waals surface area contributed by atoms with Crippen LogP contribution >= 0.6 is 12.2 Å². The molecule has 0 radical (unpaired) electrons. The van der Waals surface area contributed by atoms with E-state index in [0.29, 0.717) is 23.9 Å². The largest absolute Gasteiger partial charge is 0.367 e. The summed E-state index contributed by atoms with van der Waals surface area (Å²) in [6.07, 6.45) is 9.78. The number of Topliss-reactive ketones (excluding diaryl/α,β-unsaturated/α-hetero) is 1. The number of nitrogens with one attached hydrogen (secondary N) is 1. The lowest BCUT2D eigenvalue weighted by Gasteiger charge is -2.37. The van der Waals surface area contributed by atoms with Crippen molar-refractivity contribution in [3.8, 4) is 0 Å². The fourth-order valence-electron chi connectivity index (χ4n) is 4.75. The molecule has 1 aliphatic heterocycles. The zero-order valence-electron chi connectivity index (χ0n) is 18.8. The fraction of sp³-hybridized carbons (Fsp3) is 0.870. The maximum atomic E-state index is 13.3. The molecule has 2 fully saturated rings. The van der Waals surface area contributed by atoms with Crippen LogP contribution in [-0.4, -0.2) is 46.8 Å². The molecule has 29 heavy (non-hydrogen) atoms. The molecule has 2 aliphatic rings. The number of thiocarbonyl (C=S) groups is 1. The van der Waals surface area contributed by atoms with E-state index in [0.717, 1.165) is 25.2 Å². The molecule has 0 bridgehead atoms. The Morgan fingerprint density at radius 2 is 1.86 bits per heavy atom. The average Bonchev–Trinajstić information content (AvgIpc) is 3.12. The summed E-state index contributed by atoms with van der Waals surface area (Å²) in [7, 11) is 0. The van der Waals surface area contributed by atoms with Gasteiger partial charge in [-0.05, 0) is 49.4 Å². The molecule has 1 amide bonds. The van der Waals surface area contributed by atoms with Crippen molar-refractivity contribution in [2.75, 3.05) is 13.1 Å². The highest BCUT2D eigenvalue weighted by molar-refractivity contribution is 7.80. The van der Waals surface area contributed by atoms with Crippen molar-refractivity contribution in [1.82, 2.24) is 10.2 Å². The van der Waals surface area contributed by atoms with Crippen LogP contribution < -0.4 is 11.1 Å². The first-order chi connectivity index (χ1) is 13.7. The van der Waals surface area contributed by atoms with Gasteiger partial charge in [-0.2, -0.15) is 0 Å². The first-order valence-electron chi connectivity index (χ1n) is 11.5. The number of nitrogens with two attached hydrogens (primary N) is 1. The second-order valence-electron chi connectivity index (χ2n) is 10.1. The van der Waals surface area contributed by atoms with Crippen molar-refractivity contribution < 1.29 is 9.59 Å². The molecule has 1 aliphatic carbocycles. The summed E-state index contributed by atoms with van der Waals surface area (Å²) in [5.74, 6) is 1.80. The molecule has 1 saturated heterocycles. The topological polar surface area (TPSA) is 75.4 Å². The number of unbranched alkanes of at least 4 members (excludes halogenated alkanes) is 1. The van der Waals surface area contributed by atoms with Crippen LogP contribution in [0.3, 0.4) is 0 Å². The molecule has 0 aromatic rings. The predicted octanol–water partition coefficient (Wildman–Crippen LogP) is 3.83. The minimum atomic E-state index is -0.460. The lowest BCUT2D eigenvalue weighted by atomic mass is 9.70. The fourth-order valence-corrected chi connectivity index (χ4v) is 4.87. The van der Waals surface area contributed by atoms with E-state index in [2.05, 4.69) is 12.2 Å². The first-order valence-corrected chi connectivity index (χ1v) is 11.9. The maximum absolute atomic E-state index is 13.3. The molecule has 2 atom stereocenters. The van der Waals surface area contributed by atoms with Crippen LogP contribution in [0.15, 0.2) is 0 Å². The molecule has 0 spiro atoms. The Bertz CT molecular complexity index is 581. The Kier molecular flexibility index (Phi) is 9.08. The van der Waals surface area contributed by atoms with Gasteiger partial charge in [0.25, 0.3) is 0 Å². The second-order valence-corrected chi connectivity index (χ2v) is 10.6. The molecule has 0 aromatic heterocycles. The normalized spacial score (nSPS) is 25.4. The van der Waals surface area contributed by atoms with Gasteiger partial charge in [-0.25, -0.2) is 0 Å². The zero-order chi connectivity index (χ0) is 21.6. The second kappa shape index (κ2) is 10.9. The third kappa shape index (κ3) is 6.74. The monoisotopic (exact) mass is 423 g/mol. The van der Waals surface area contributed by atoms with Gasteiger partial charge in [0.2, 0.25) is 5.91 Å². The Balaban J connectivity index is 1.89. The number of rotatable bonds is 10. The highest BCUT2D eigenvalue weighted by atomic mass is 32.1. The molecule has 2 unspecified atom stereocenters. The zero-order valence-corrected chi connectivity index (χ0v) is 19.7. The van der Waals surface area contributed by atoms with Crippen molar-refractivity contribution in [2.45, 2.75) is 97.6 Å². The van der Waals surface area contributed by atoms with Crippen molar-refractivity contribution in [3.63, 3.8) is 0 Å². The number of nitrogens with zero attached hydrogens (tertiary/aromatic N) is 1. The molecule has 1 saturated carbocycles. The Labute approximate surface area is 182 Å². The van der Waals surface area contributed by atoms with E-state index in [4.69, 9.17) is 18.0 Å². The summed E-state index contributed by atoms with van der Waals surface area (Å²) in [6, 6.07) is -0.727. The van der Waals surface area contributed by atoms with Gasteiger partial charge < -0.3 is 16.0 Å². The van der Waals surface area contributed by atoms with Crippen LogP contribution in [0.5, 0.6) is 0 Å². The number of carbonyl (C=O) groups excluding carboxylic acids is 2. The van der Waals surface area contributed by atoms with Gasteiger partial charge in [0.05, 0.1) is 11.0 Å². The van der Waals surface area contributed by atoms with Crippen LogP contribution in [0.1, 0.15) is 85.5 Å². The van der Waals surface area contributed by atoms with E-state index in [1.165, 1.54) is 32.1 Å². The third-order valence-corrected chi connectivity index (χ3v) is 6.89. The van der Waals surface area contributed by atoms with Gasteiger partial charge in [-0.1, -0.05) is 59.2 Å². The van der Waals surface area contributed by atoms with E-state index in [1.54, 1.807) is 4.90 Å². The number of hydrogen-bond acceptors (Lipinski definition) is 4. The molecule has 6 heteroatoms. The standard InChI is InChI=1S/C23H41N3O2S/c1-5-6-8-16-13-17(14-16)10-11-19(27)18-9-7-12-26(18)22(28)21(23(2,3)4)25-20(29)15-24/h16-18,21H,5-15,24H2,1-4H3,(H,25,29). The molecule has 166 valence electrons. The van der Waals surface area contributed by atoms with Crippen LogP contribution in [-0.2, 0) is 9.59 Å². The van der Waals surface area contributed by atoms with E-state index in [9.17, 15) is 9.59 Å². The lowest BCUT2D eigenvalue weighted by Crippen LogP contribution is -2.57. The van der Waals surface area contributed by atoms with E-state index in [-0.39, 0.29) is 29.7 Å². The quantitative estimate of drug-likeness (QED) is 0.522. The summed E-state index contributed by atoms with van der Waals surface area (Å²) in [6.45, 7) is 9.16. The maximum Gasteiger partial charge on any atom is 0.246 e. The van der Waals surface area contributed by atoms with E-state index in [1.807, 2.05) is 20.8 Å². The smallest absolute Gasteiger partial charge is 0.246 e. The minimum absolute atomic E-state index is 0.0209. The molecule has 3 N–H and O–H groups in total. The average molecular weight is 424 g/mol. The summed E-state index contributed by atoms with van der Waals surface area (Å²) in [4.78, 5) is 28.6. The van der Waals surface area contributed by atoms with Gasteiger partial charge in [0, 0.05) is 19.5 Å². The number of ketones is 1. The van der Waals surface area contributed by atoms with Gasteiger partial charge in [0.1, 0.15) is 6.04 Å². The summed E-state index contributed by atoms with van der Waals surface area (Å²) in [5, 5.41) is 3.14. The van der Waals surface area contributed by atoms with Crippen LogP contribution in [0.2, 0.25) is 0 Å². The van der Waals surface area contributed by atoms with E-state index >= 15 is 0 Å². The van der Waals surface area contributed by atoms with Crippen LogP contribution in [0.25, 0.3) is 0 Å². The Morgan fingerprint density at radius 3 is 2.45 bits per heavy atom. The highest BCUT2D eigenvalue weighted by Gasteiger charge is 2.41. The Hall–Kier alpha value is -1.01. The van der Waals surface area contributed by atoms with Crippen molar-refractivity contribution in [2.24, 2.45) is 23.0 Å². The lowest BCUT2D eigenvalue weighted by molar-refractivity contribution is -0.141. The highest BCUT2D eigenvalue weighted by Crippen LogP contribution is 2.40. The molecular weight excluding hydrogens is 382 g/mol. The SMILES string of the molecule is CCCCC1CC(CCC(=O)C2CCCN2C(=O)C(NC(=S)CN)C(C)(C)C)C1. The van der Waals surface area contributed by atoms with Crippen molar-refractivity contribution in [1.29, 1.82) is 0 Å². The molecule has 1 heterocycles. The molecular formula is C23H41N3O2S. The number of likely N-dealkylation sites (tertiary alicyclic amines) is 1. The molecule has 5 nitrogen and oxygen atoms in total. The van der Waals surface area contributed by atoms with Gasteiger partial charge in [0.15, 0.2) is 5.78 Å². The summed E-state index contributed by atoms with van der Waals surface area (Å²) in [5.41, 5.74) is 5.32. The van der Waals surface area contributed by atoms with Crippen LogP contribution in [0, 0.1) is 17.3 Å². The Morgan fingerprint density at radius 1 is 1.21 bits per heavy atom. The molecule has 2 rings (SSSR count). The predicted molar refractivity (Wildman–Crippen MR) is 123 cm³/mol. The van der Waals surface area contributed by atoms with Gasteiger partial charge in [-0.15, -0.1) is 0 Å². The van der Waals surface area contributed by atoms with Gasteiger partial charge >= 0.3 is 0 Å². The first kappa shape index (κ1) is 24.3. The number of carbonyl (C=O) groups is 2. The van der Waals surface area contributed by atoms with E-state index < -0.39 is 6.04 Å².